The largest absolute Gasteiger partial charge is 0.349 e. The van der Waals surface area contributed by atoms with Gasteiger partial charge in [0.15, 0.2) is 0 Å². The van der Waals surface area contributed by atoms with Gasteiger partial charge in [-0.2, -0.15) is 5.26 Å². The van der Waals surface area contributed by atoms with E-state index in [0.29, 0.717) is 11.3 Å². The quantitative estimate of drug-likeness (QED) is 0.891. The van der Waals surface area contributed by atoms with Gasteiger partial charge in [-0.05, 0) is 23.8 Å². The first-order valence-corrected chi connectivity index (χ1v) is 7.20. The third-order valence-electron chi connectivity index (χ3n) is 3.24. The molecule has 2 N–H and O–H groups in total. The van der Waals surface area contributed by atoms with Crippen molar-refractivity contribution in [3.63, 3.8) is 0 Å². The highest BCUT2D eigenvalue weighted by Gasteiger charge is 2.17. The topological polar surface area (TPSA) is 82.0 Å². The molecule has 0 aliphatic heterocycles. The normalized spacial score (nSPS) is 11.1. The molecule has 0 saturated heterocycles. The Balaban J connectivity index is 2.08. The summed E-state index contributed by atoms with van der Waals surface area (Å²) in [5.41, 5.74) is 1.90. The van der Waals surface area contributed by atoms with Crippen LogP contribution in [0.3, 0.4) is 0 Å². The molecule has 0 spiro atoms. The van der Waals surface area contributed by atoms with Crippen molar-refractivity contribution in [2.24, 2.45) is 0 Å². The molecule has 2 rings (SSSR count). The summed E-state index contributed by atoms with van der Waals surface area (Å²) in [6.45, 7) is 1.42. The first-order valence-electron chi connectivity index (χ1n) is 7.20. The van der Waals surface area contributed by atoms with Crippen LogP contribution in [0.4, 0.5) is 5.69 Å². The molecule has 5 nitrogen and oxygen atoms in total. The molecule has 1 atom stereocenters. The summed E-state index contributed by atoms with van der Waals surface area (Å²) in [6.07, 6.45) is 0.111. The lowest BCUT2D eigenvalue weighted by Crippen LogP contribution is -2.29. The number of hydrogen-bond acceptors (Lipinski definition) is 3. The number of carbonyl (C=O) groups excluding carboxylic acids is 2. The van der Waals surface area contributed by atoms with E-state index in [1.54, 1.807) is 24.3 Å². The van der Waals surface area contributed by atoms with Crippen LogP contribution in [0.15, 0.2) is 54.6 Å². The van der Waals surface area contributed by atoms with Crippen LogP contribution < -0.4 is 10.6 Å². The number of benzene rings is 2. The number of carbonyl (C=O) groups is 2. The molecule has 0 fully saturated rings. The lowest BCUT2D eigenvalue weighted by Gasteiger charge is -2.18. The second-order valence-electron chi connectivity index (χ2n) is 5.11. The molecule has 2 aromatic rings. The van der Waals surface area contributed by atoms with Crippen LogP contribution in [0.2, 0.25) is 0 Å². The van der Waals surface area contributed by atoms with E-state index in [2.05, 4.69) is 10.6 Å². The maximum absolute atomic E-state index is 12.2. The summed E-state index contributed by atoms with van der Waals surface area (Å²) < 4.78 is 0. The Morgan fingerprint density at radius 3 is 2.52 bits per heavy atom. The summed E-state index contributed by atoms with van der Waals surface area (Å²) >= 11 is 0. The Labute approximate surface area is 134 Å². The lowest BCUT2D eigenvalue weighted by molar-refractivity contribution is -0.120. The van der Waals surface area contributed by atoms with Crippen molar-refractivity contribution in [3.8, 4) is 6.07 Å². The molecule has 0 bridgehead atoms. The monoisotopic (exact) mass is 307 g/mol. The summed E-state index contributed by atoms with van der Waals surface area (Å²) in [6, 6.07) is 17.6. The van der Waals surface area contributed by atoms with Crippen molar-refractivity contribution in [1.29, 1.82) is 5.26 Å². The molecule has 0 aliphatic carbocycles. The fourth-order valence-corrected chi connectivity index (χ4v) is 2.25. The van der Waals surface area contributed by atoms with Crippen molar-refractivity contribution in [2.75, 3.05) is 5.32 Å². The molecule has 23 heavy (non-hydrogen) atoms. The second-order valence-corrected chi connectivity index (χ2v) is 5.11. The van der Waals surface area contributed by atoms with Gasteiger partial charge in [-0.3, -0.25) is 9.59 Å². The fraction of sp³-hybridized carbons (Fsp3) is 0.167. The predicted molar refractivity (Wildman–Crippen MR) is 87.4 cm³/mol. The van der Waals surface area contributed by atoms with Gasteiger partial charge in [-0.15, -0.1) is 0 Å². The Kier molecular flexibility index (Phi) is 5.48. The van der Waals surface area contributed by atoms with Crippen LogP contribution in [-0.4, -0.2) is 11.8 Å². The van der Waals surface area contributed by atoms with E-state index in [-0.39, 0.29) is 18.2 Å². The molecule has 0 aromatic heterocycles. The van der Waals surface area contributed by atoms with E-state index in [1.165, 1.54) is 6.92 Å². The molecule has 0 heterocycles. The van der Waals surface area contributed by atoms with Crippen molar-refractivity contribution in [1.82, 2.24) is 5.32 Å². The van der Waals surface area contributed by atoms with Crippen LogP contribution in [0.5, 0.6) is 0 Å². The van der Waals surface area contributed by atoms with E-state index >= 15 is 0 Å². The van der Waals surface area contributed by atoms with Crippen molar-refractivity contribution in [2.45, 2.75) is 19.4 Å². The first-order chi connectivity index (χ1) is 11.1. The average molecular weight is 307 g/mol. The Bertz CT molecular complexity index is 735. The van der Waals surface area contributed by atoms with E-state index in [4.69, 9.17) is 5.26 Å². The molecular weight excluding hydrogens is 290 g/mol. The number of anilines is 1. The number of nitriles is 1. The minimum atomic E-state index is -0.396. The highest BCUT2D eigenvalue weighted by atomic mass is 16.2. The van der Waals surface area contributed by atoms with Gasteiger partial charge < -0.3 is 10.6 Å². The molecule has 0 aliphatic rings. The highest BCUT2D eigenvalue weighted by molar-refractivity contribution is 5.91. The van der Waals surface area contributed by atoms with Crippen LogP contribution in [0, 0.1) is 11.3 Å². The number of rotatable bonds is 5. The third-order valence-corrected chi connectivity index (χ3v) is 3.24. The zero-order valence-electron chi connectivity index (χ0n) is 12.7. The van der Waals surface area contributed by atoms with E-state index in [0.717, 1.165) is 5.56 Å². The highest BCUT2D eigenvalue weighted by Crippen LogP contribution is 2.18. The molecule has 0 radical (unpaired) electrons. The Hall–Kier alpha value is -3.13. The van der Waals surface area contributed by atoms with Crippen molar-refractivity contribution in [3.05, 3.63) is 65.7 Å². The smallest absolute Gasteiger partial charge is 0.226 e. The number of nitrogens with zero attached hydrogens (tertiary/aromatic N) is 1. The maximum atomic E-state index is 12.2. The Morgan fingerprint density at radius 2 is 1.87 bits per heavy atom. The van der Waals surface area contributed by atoms with Crippen LogP contribution in [0.1, 0.15) is 30.5 Å². The van der Waals surface area contributed by atoms with E-state index in [9.17, 15) is 9.59 Å². The minimum absolute atomic E-state index is 0.111. The minimum Gasteiger partial charge on any atom is -0.349 e. The average Bonchev–Trinajstić information content (AvgIpc) is 2.54. The second kappa shape index (κ2) is 7.76. The van der Waals surface area contributed by atoms with Gasteiger partial charge in [0, 0.05) is 12.6 Å². The predicted octanol–water partition coefficient (Wildman–Crippen LogP) is 2.76. The van der Waals surface area contributed by atoms with Gasteiger partial charge in [0.25, 0.3) is 0 Å². The van der Waals surface area contributed by atoms with Gasteiger partial charge in [-0.1, -0.05) is 36.4 Å². The molecule has 0 saturated carbocycles. The van der Waals surface area contributed by atoms with E-state index in [1.807, 2.05) is 36.4 Å². The molecular formula is C18H17N3O2. The number of hydrogen-bond donors (Lipinski definition) is 2. The van der Waals surface area contributed by atoms with Gasteiger partial charge in [-0.25, -0.2) is 0 Å². The van der Waals surface area contributed by atoms with Crippen LogP contribution >= 0.6 is 0 Å². The third kappa shape index (κ3) is 4.97. The molecule has 2 amide bonds. The van der Waals surface area contributed by atoms with Crippen LogP contribution in [0.25, 0.3) is 0 Å². The summed E-state index contributed by atoms with van der Waals surface area (Å²) in [5.74, 6) is -0.430. The summed E-state index contributed by atoms with van der Waals surface area (Å²) in [7, 11) is 0. The van der Waals surface area contributed by atoms with E-state index < -0.39 is 6.04 Å². The zero-order chi connectivity index (χ0) is 16.7. The standard InChI is InChI=1S/C18H17N3O2/c1-13(22)20-17(15-7-3-2-4-8-15)11-18(23)21-16-9-5-6-14(10-16)12-19/h2-10,17H,11H2,1H3,(H,20,22)(H,21,23). The molecule has 5 heteroatoms. The maximum Gasteiger partial charge on any atom is 0.226 e. The van der Waals surface area contributed by atoms with Crippen molar-refractivity contribution >= 4 is 17.5 Å². The SMILES string of the molecule is CC(=O)NC(CC(=O)Nc1cccc(C#N)c1)c1ccccc1. The molecule has 1 unspecified atom stereocenters. The lowest BCUT2D eigenvalue weighted by atomic mass is 10.0. The molecule has 2 aromatic carbocycles. The van der Waals surface area contributed by atoms with Gasteiger partial charge in [0.1, 0.15) is 0 Å². The number of amides is 2. The van der Waals surface area contributed by atoms with Crippen molar-refractivity contribution < 1.29 is 9.59 Å². The summed E-state index contributed by atoms with van der Waals surface area (Å²) in [5, 5.41) is 14.4. The van der Waals surface area contributed by atoms with Crippen LogP contribution in [-0.2, 0) is 9.59 Å². The van der Waals surface area contributed by atoms with Gasteiger partial charge in [0.2, 0.25) is 11.8 Å². The summed E-state index contributed by atoms with van der Waals surface area (Å²) in [4.78, 5) is 23.6. The fourth-order valence-electron chi connectivity index (χ4n) is 2.25. The zero-order valence-corrected chi connectivity index (χ0v) is 12.7. The van der Waals surface area contributed by atoms with Gasteiger partial charge in [0.05, 0.1) is 24.1 Å². The Morgan fingerprint density at radius 1 is 1.13 bits per heavy atom. The number of nitrogens with one attached hydrogen (secondary N) is 2. The van der Waals surface area contributed by atoms with Gasteiger partial charge >= 0.3 is 0 Å². The molecule has 116 valence electrons. The first kappa shape index (κ1) is 16.2.